The highest BCUT2D eigenvalue weighted by Crippen LogP contribution is 2.37. The van der Waals surface area contributed by atoms with Gasteiger partial charge in [0.2, 0.25) is 5.91 Å². The third kappa shape index (κ3) is 3.79. The van der Waals surface area contributed by atoms with E-state index in [1.54, 1.807) is 36.2 Å². The maximum absolute atomic E-state index is 12.8. The van der Waals surface area contributed by atoms with Crippen molar-refractivity contribution >= 4 is 11.7 Å². The number of benzene rings is 1. The highest BCUT2D eigenvalue weighted by atomic mass is 16.3. The van der Waals surface area contributed by atoms with Gasteiger partial charge in [0.1, 0.15) is 5.60 Å². The Hall–Kier alpha value is -1.72. The van der Waals surface area contributed by atoms with Gasteiger partial charge in [0.25, 0.3) is 0 Å². The number of likely N-dealkylation sites (N-methyl/N-ethyl adjacent to an activating group) is 2. The summed E-state index contributed by atoms with van der Waals surface area (Å²) in [5.74, 6) is -1.14. The summed E-state index contributed by atoms with van der Waals surface area (Å²) in [7, 11) is 3.55. The van der Waals surface area contributed by atoms with Gasteiger partial charge >= 0.3 is 0 Å². The topological polar surface area (TPSA) is 69.6 Å². The molecule has 2 rings (SSSR count). The van der Waals surface area contributed by atoms with E-state index >= 15 is 0 Å². The van der Waals surface area contributed by atoms with Crippen LogP contribution < -0.4 is 5.32 Å². The van der Waals surface area contributed by atoms with Gasteiger partial charge in [0.05, 0.1) is 5.92 Å². The van der Waals surface area contributed by atoms with E-state index in [4.69, 9.17) is 0 Å². The van der Waals surface area contributed by atoms with E-state index in [0.717, 1.165) is 12.8 Å². The third-order valence-electron chi connectivity index (χ3n) is 4.68. The van der Waals surface area contributed by atoms with Gasteiger partial charge in [-0.2, -0.15) is 0 Å². The van der Waals surface area contributed by atoms with E-state index in [-0.39, 0.29) is 11.7 Å². The molecule has 0 aromatic heterocycles. The molecular formula is C18H26N2O3. The largest absolute Gasteiger partial charge is 0.381 e. The van der Waals surface area contributed by atoms with E-state index in [1.807, 2.05) is 13.1 Å². The van der Waals surface area contributed by atoms with Crippen LogP contribution in [0, 0.1) is 5.92 Å². The Morgan fingerprint density at radius 3 is 2.65 bits per heavy atom. The predicted molar refractivity (Wildman–Crippen MR) is 89.2 cm³/mol. The molecule has 0 saturated heterocycles. The number of nitrogens with one attached hydrogen (secondary N) is 1. The summed E-state index contributed by atoms with van der Waals surface area (Å²) in [6.07, 6.45) is 2.52. The first-order valence-corrected chi connectivity index (χ1v) is 8.22. The summed E-state index contributed by atoms with van der Waals surface area (Å²) in [6, 6.07) is 8.77. The van der Waals surface area contributed by atoms with Crippen molar-refractivity contribution in [2.24, 2.45) is 5.92 Å². The lowest BCUT2D eigenvalue weighted by atomic mass is 9.71. The minimum Gasteiger partial charge on any atom is -0.381 e. The van der Waals surface area contributed by atoms with Gasteiger partial charge in [-0.05, 0) is 19.9 Å². The van der Waals surface area contributed by atoms with Crippen molar-refractivity contribution in [3.63, 3.8) is 0 Å². The number of carbonyl (C=O) groups is 2. The predicted octanol–water partition coefficient (Wildman–Crippen LogP) is 1.47. The minimum absolute atomic E-state index is 0.147. The van der Waals surface area contributed by atoms with Crippen LogP contribution in [0.15, 0.2) is 30.3 Å². The van der Waals surface area contributed by atoms with Crippen LogP contribution in [0.3, 0.4) is 0 Å². The molecule has 0 radical (unpaired) electrons. The van der Waals surface area contributed by atoms with Crippen molar-refractivity contribution in [3.05, 3.63) is 35.9 Å². The highest BCUT2D eigenvalue weighted by Gasteiger charge is 2.49. The van der Waals surface area contributed by atoms with E-state index in [0.29, 0.717) is 31.5 Å². The first kappa shape index (κ1) is 17.6. The first-order chi connectivity index (χ1) is 11.0. The number of hydrogen-bond acceptors (Lipinski definition) is 4. The standard InChI is InChI=1S/C18H26N2O3/c1-19-12-13-20(2)17(22)15-10-6-7-11-18(15,23)16(21)14-8-4-3-5-9-14/h3-5,8-9,15,19,23H,6-7,10-13H2,1-2H3. The Balaban J connectivity index is 2.23. The Morgan fingerprint density at radius 2 is 2.00 bits per heavy atom. The maximum atomic E-state index is 12.8. The quantitative estimate of drug-likeness (QED) is 0.779. The summed E-state index contributed by atoms with van der Waals surface area (Å²) in [5.41, 5.74) is -1.13. The van der Waals surface area contributed by atoms with Crippen molar-refractivity contribution in [2.45, 2.75) is 31.3 Å². The molecule has 2 N–H and O–H groups in total. The fraction of sp³-hybridized carbons (Fsp3) is 0.556. The van der Waals surface area contributed by atoms with E-state index in [1.165, 1.54) is 0 Å². The molecule has 1 saturated carbocycles. The Labute approximate surface area is 137 Å². The Bertz CT molecular complexity index is 546. The number of aliphatic hydroxyl groups is 1. The Kier molecular flexibility index (Phi) is 5.91. The smallest absolute Gasteiger partial charge is 0.228 e. The molecule has 5 heteroatoms. The summed E-state index contributed by atoms with van der Waals surface area (Å²) >= 11 is 0. The zero-order valence-electron chi connectivity index (χ0n) is 13.9. The van der Waals surface area contributed by atoms with Gasteiger partial charge in [-0.1, -0.05) is 43.2 Å². The highest BCUT2D eigenvalue weighted by molar-refractivity contribution is 6.05. The maximum Gasteiger partial charge on any atom is 0.228 e. The normalized spacial score (nSPS) is 24.2. The van der Waals surface area contributed by atoms with Gasteiger partial charge in [0.15, 0.2) is 5.78 Å². The number of carbonyl (C=O) groups excluding carboxylic acids is 2. The van der Waals surface area contributed by atoms with Crippen LogP contribution in [0.25, 0.3) is 0 Å². The molecular weight excluding hydrogens is 292 g/mol. The molecule has 0 heterocycles. The molecule has 1 aliphatic carbocycles. The molecule has 126 valence electrons. The average Bonchev–Trinajstić information content (AvgIpc) is 2.59. The number of hydrogen-bond donors (Lipinski definition) is 2. The summed E-state index contributed by atoms with van der Waals surface area (Å²) in [5, 5.41) is 14.1. The van der Waals surface area contributed by atoms with Crippen LogP contribution >= 0.6 is 0 Å². The van der Waals surface area contributed by atoms with Crippen molar-refractivity contribution < 1.29 is 14.7 Å². The van der Waals surface area contributed by atoms with Gasteiger partial charge in [0, 0.05) is 25.7 Å². The number of Topliss-reactive ketones (excluding diaryl/α,β-unsaturated/α-hetero) is 1. The lowest BCUT2D eigenvalue weighted by Crippen LogP contribution is -2.54. The third-order valence-corrected chi connectivity index (χ3v) is 4.68. The minimum atomic E-state index is -1.59. The van der Waals surface area contributed by atoms with E-state index in [9.17, 15) is 14.7 Å². The summed E-state index contributed by atoms with van der Waals surface area (Å²) < 4.78 is 0. The second-order valence-corrected chi connectivity index (χ2v) is 6.28. The van der Waals surface area contributed by atoms with Gasteiger partial charge in [-0.15, -0.1) is 0 Å². The van der Waals surface area contributed by atoms with Crippen LogP contribution in [0.1, 0.15) is 36.0 Å². The molecule has 0 aliphatic heterocycles. The molecule has 2 atom stereocenters. The second kappa shape index (κ2) is 7.70. The molecule has 2 unspecified atom stereocenters. The van der Waals surface area contributed by atoms with Crippen LogP contribution in [0.4, 0.5) is 0 Å². The molecule has 1 aromatic carbocycles. The fourth-order valence-electron chi connectivity index (χ4n) is 3.25. The van der Waals surface area contributed by atoms with E-state index < -0.39 is 11.5 Å². The lowest BCUT2D eigenvalue weighted by Gasteiger charge is -2.39. The molecule has 0 bridgehead atoms. The molecule has 1 aliphatic rings. The van der Waals surface area contributed by atoms with Crippen molar-refractivity contribution in [1.29, 1.82) is 0 Å². The van der Waals surface area contributed by atoms with E-state index in [2.05, 4.69) is 5.32 Å². The molecule has 1 aromatic rings. The van der Waals surface area contributed by atoms with Crippen molar-refractivity contribution in [1.82, 2.24) is 10.2 Å². The first-order valence-electron chi connectivity index (χ1n) is 8.22. The number of nitrogens with zero attached hydrogens (tertiary/aromatic N) is 1. The summed E-state index contributed by atoms with van der Waals surface area (Å²) in [4.78, 5) is 27.2. The summed E-state index contributed by atoms with van der Waals surface area (Å²) in [6.45, 7) is 1.24. The van der Waals surface area contributed by atoms with Gasteiger partial charge in [-0.3, -0.25) is 9.59 Å². The van der Waals surface area contributed by atoms with Crippen LogP contribution in [-0.2, 0) is 4.79 Å². The second-order valence-electron chi connectivity index (χ2n) is 6.28. The fourth-order valence-corrected chi connectivity index (χ4v) is 3.25. The molecule has 23 heavy (non-hydrogen) atoms. The molecule has 1 fully saturated rings. The SMILES string of the molecule is CNCCN(C)C(=O)C1CCCCC1(O)C(=O)c1ccccc1. The number of amides is 1. The monoisotopic (exact) mass is 318 g/mol. The Morgan fingerprint density at radius 1 is 1.30 bits per heavy atom. The van der Waals surface area contributed by atoms with Crippen LogP contribution in [0.5, 0.6) is 0 Å². The molecule has 0 spiro atoms. The van der Waals surface area contributed by atoms with Crippen LogP contribution in [0.2, 0.25) is 0 Å². The zero-order valence-corrected chi connectivity index (χ0v) is 13.9. The van der Waals surface area contributed by atoms with Crippen LogP contribution in [-0.4, -0.2) is 54.5 Å². The lowest BCUT2D eigenvalue weighted by molar-refractivity contribution is -0.144. The van der Waals surface area contributed by atoms with Gasteiger partial charge < -0.3 is 15.3 Å². The number of rotatable bonds is 6. The van der Waals surface area contributed by atoms with Crippen molar-refractivity contribution in [2.75, 3.05) is 27.2 Å². The van der Waals surface area contributed by atoms with Gasteiger partial charge in [-0.25, -0.2) is 0 Å². The zero-order chi connectivity index (χ0) is 16.9. The average molecular weight is 318 g/mol. The molecule has 5 nitrogen and oxygen atoms in total. The number of ketones is 1. The molecule has 1 amide bonds. The van der Waals surface area contributed by atoms with Crippen molar-refractivity contribution in [3.8, 4) is 0 Å².